The smallest absolute Gasteiger partial charge is 0.262 e. The number of hydrogen-bond donors (Lipinski definition) is 2. The normalized spacial score (nSPS) is 14.7. The van der Waals surface area contributed by atoms with Crippen LogP contribution in [0, 0.1) is 0 Å². The molecule has 0 spiro atoms. The minimum absolute atomic E-state index is 0.0312. The van der Waals surface area contributed by atoms with Gasteiger partial charge in [-0.15, -0.1) is 0 Å². The summed E-state index contributed by atoms with van der Waals surface area (Å²) < 4.78 is 10.7. The van der Waals surface area contributed by atoms with Crippen LogP contribution in [0.3, 0.4) is 0 Å². The molecular formula is C26H26N2O4. The molecule has 1 aliphatic carbocycles. The first-order valence-electron chi connectivity index (χ1n) is 10.7. The number of ether oxygens (including phenoxy) is 2. The van der Waals surface area contributed by atoms with Crippen molar-refractivity contribution in [2.24, 2.45) is 0 Å². The van der Waals surface area contributed by atoms with Gasteiger partial charge >= 0.3 is 0 Å². The zero-order chi connectivity index (χ0) is 22.3. The van der Waals surface area contributed by atoms with Gasteiger partial charge in [0.25, 0.3) is 11.8 Å². The summed E-state index contributed by atoms with van der Waals surface area (Å²) in [6, 6.07) is 22.2. The van der Waals surface area contributed by atoms with Crippen molar-refractivity contribution in [3.05, 3.63) is 89.5 Å². The van der Waals surface area contributed by atoms with Crippen molar-refractivity contribution in [1.29, 1.82) is 0 Å². The molecule has 0 radical (unpaired) electrons. The largest absolute Gasteiger partial charge is 0.497 e. The van der Waals surface area contributed by atoms with Gasteiger partial charge in [0, 0.05) is 17.3 Å². The standard InChI is InChI=1S/C26H26N2O4/c1-31-22-9-5-8-20(16-22)27-25(29)17-32-21-14-12-19(13-15-21)26(30)28-24-11-4-7-18-6-2-3-10-23(18)24/h2-3,5-6,8-10,12-16,24H,4,7,11,17H2,1H3,(H,27,29)(H,28,30). The molecule has 3 aromatic carbocycles. The third-order valence-corrected chi connectivity index (χ3v) is 5.51. The second-order valence-electron chi connectivity index (χ2n) is 7.71. The average Bonchev–Trinajstić information content (AvgIpc) is 2.83. The fraction of sp³-hybridized carbons (Fsp3) is 0.231. The van der Waals surface area contributed by atoms with Crippen molar-refractivity contribution in [2.45, 2.75) is 25.3 Å². The monoisotopic (exact) mass is 430 g/mol. The molecule has 0 aliphatic heterocycles. The summed E-state index contributed by atoms with van der Waals surface area (Å²) in [6.45, 7) is -0.137. The van der Waals surface area contributed by atoms with Gasteiger partial charge in [0.1, 0.15) is 11.5 Å². The molecule has 1 atom stereocenters. The van der Waals surface area contributed by atoms with Gasteiger partial charge in [-0.1, -0.05) is 30.3 Å². The highest BCUT2D eigenvalue weighted by molar-refractivity contribution is 5.94. The van der Waals surface area contributed by atoms with Gasteiger partial charge in [0.05, 0.1) is 13.2 Å². The van der Waals surface area contributed by atoms with Crippen LogP contribution < -0.4 is 20.1 Å². The van der Waals surface area contributed by atoms with Gasteiger partial charge < -0.3 is 20.1 Å². The summed E-state index contributed by atoms with van der Waals surface area (Å²) in [5.41, 5.74) is 3.70. The predicted molar refractivity (Wildman–Crippen MR) is 123 cm³/mol. The molecule has 1 aliphatic rings. The van der Waals surface area contributed by atoms with Crippen molar-refractivity contribution in [1.82, 2.24) is 5.32 Å². The summed E-state index contributed by atoms with van der Waals surface area (Å²) in [5.74, 6) is 0.782. The molecule has 32 heavy (non-hydrogen) atoms. The third-order valence-electron chi connectivity index (χ3n) is 5.51. The van der Waals surface area contributed by atoms with E-state index in [-0.39, 0.29) is 24.5 Å². The maximum absolute atomic E-state index is 12.7. The Morgan fingerprint density at radius 3 is 2.59 bits per heavy atom. The zero-order valence-corrected chi connectivity index (χ0v) is 18.0. The van der Waals surface area contributed by atoms with Gasteiger partial charge in [0.15, 0.2) is 6.61 Å². The number of amides is 2. The molecular weight excluding hydrogens is 404 g/mol. The zero-order valence-electron chi connectivity index (χ0n) is 18.0. The molecule has 1 unspecified atom stereocenters. The number of hydrogen-bond acceptors (Lipinski definition) is 4. The quantitative estimate of drug-likeness (QED) is 0.578. The number of aryl methyl sites for hydroxylation is 1. The Bertz CT molecular complexity index is 1090. The van der Waals surface area contributed by atoms with Crippen LogP contribution in [0.5, 0.6) is 11.5 Å². The molecule has 6 nitrogen and oxygen atoms in total. The highest BCUT2D eigenvalue weighted by Gasteiger charge is 2.21. The Hall–Kier alpha value is -3.80. The molecule has 4 rings (SSSR count). The van der Waals surface area contributed by atoms with Gasteiger partial charge in [-0.25, -0.2) is 0 Å². The van der Waals surface area contributed by atoms with Crippen LogP contribution in [0.25, 0.3) is 0 Å². The van der Waals surface area contributed by atoms with Crippen molar-refractivity contribution in [3.8, 4) is 11.5 Å². The molecule has 2 amide bonds. The summed E-state index contributed by atoms with van der Waals surface area (Å²) >= 11 is 0. The predicted octanol–water partition coefficient (Wildman–Crippen LogP) is 4.52. The third kappa shape index (κ3) is 5.27. The molecule has 6 heteroatoms. The number of carbonyl (C=O) groups is 2. The van der Waals surface area contributed by atoms with Crippen molar-refractivity contribution >= 4 is 17.5 Å². The van der Waals surface area contributed by atoms with E-state index in [9.17, 15) is 9.59 Å². The maximum Gasteiger partial charge on any atom is 0.262 e. The van der Waals surface area contributed by atoms with Crippen LogP contribution in [0.2, 0.25) is 0 Å². The number of carbonyl (C=O) groups excluding carboxylic acids is 2. The average molecular weight is 431 g/mol. The first-order valence-corrected chi connectivity index (χ1v) is 10.7. The van der Waals surface area contributed by atoms with Gasteiger partial charge in [0.2, 0.25) is 0 Å². The summed E-state index contributed by atoms with van der Waals surface area (Å²) in [4.78, 5) is 24.9. The number of methoxy groups -OCH3 is 1. The maximum atomic E-state index is 12.7. The second kappa shape index (κ2) is 10.0. The number of rotatable bonds is 7. The summed E-state index contributed by atoms with van der Waals surface area (Å²) in [7, 11) is 1.57. The first kappa shape index (κ1) is 21.4. The molecule has 0 saturated carbocycles. The van der Waals surface area contributed by atoms with Gasteiger partial charge in [-0.3, -0.25) is 9.59 Å². The molecule has 0 aromatic heterocycles. The second-order valence-corrected chi connectivity index (χ2v) is 7.71. The number of nitrogens with one attached hydrogen (secondary N) is 2. The topological polar surface area (TPSA) is 76.7 Å². The minimum atomic E-state index is -0.281. The lowest BCUT2D eigenvalue weighted by Crippen LogP contribution is -2.30. The highest BCUT2D eigenvalue weighted by Crippen LogP contribution is 2.29. The van der Waals surface area contributed by atoms with Crippen LogP contribution in [-0.4, -0.2) is 25.5 Å². The number of anilines is 1. The molecule has 0 bridgehead atoms. The van der Waals surface area contributed by atoms with Crippen molar-refractivity contribution in [3.63, 3.8) is 0 Å². The molecule has 0 heterocycles. The van der Waals surface area contributed by atoms with Crippen molar-refractivity contribution in [2.75, 3.05) is 19.0 Å². The van der Waals surface area contributed by atoms with Gasteiger partial charge in [-0.05, 0) is 66.8 Å². The Balaban J connectivity index is 1.30. The van der Waals surface area contributed by atoms with E-state index in [2.05, 4.69) is 22.8 Å². The van der Waals surface area contributed by atoms with E-state index >= 15 is 0 Å². The lowest BCUT2D eigenvalue weighted by Gasteiger charge is -2.26. The van der Waals surface area contributed by atoms with Gasteiger partial charge in [-0.2, -0.15) is 0 Å². The van der Waals surface area contributed by atoms with Crippen LogP contribution >= 0.6 is 0 Å². The van der Waals surface area contributed by atoms with E-state index < -0.39 is 0 Å². The van der Waals surface area contributed by atoms with E-state index in [0.29, 0.717) is 22.7 Å². The first-order chi connectivity index (χ1) is 15.6. The van der Waals surface area contributed by atoms with Crippen LogP contribution in [-0.2, 0) is 11.2 Å². The Morgan fingerprint density at radius 2 is 1.78 bits per heavy atom. The SMILES string of the molecule is COc1cccc(NC(=O)COc2ccc(C(=O)NC3CCCc4ccccc43)cc2)c1. The summed E-state index contributed by atoms with van der Waals surface area (Å²) in [5, 5.41) is 5.91. The molecule has 0 fully saturated rings. The van der Waals surface area contributed by atoms with Crippen molar-refractivity contribution < 1.29 is 19.1 Å². The van der Waals surface area contributed by atoms with E-state index in [1.807, 2.05) is 12.1 Å². The highest BCUT2D eigenvalue weighted by atomic mass is 16.5. The molecule has 3 aromatic rings. The van der Waals surface area contributed by atoms with Crippen LogP contribution in [0.1, 0.15) is 40.4 Å². The van der Waals surface area contributed by atoms with E-state index in [4.69, 9.17) is 9.47 Å². The number of fused-ring (bicyclic) bond motifs is 1. The molecule has 0 saturated heterocycles. The minimum Gasteiger partial charge on any atom is -0.497 e. The van der Waals surface area contributed by atoms with E-state index in [1.54, 1.807) is 55.6 Å². The Labute approximate surface area is 187 Å². The fourth-order valence-electron chi connectivity index (χ4n) is 3.89. The van der Waals surface area contributed by atoms with Crippen LogP contribution in [0.15, 0.2) is 72.8 Å². The Morgan fingerprint density at radius 1 is 0.969 bits per heavy atom. The molecule has 164 valence electrons. The van der Waals surface area contributed by atoms with E-state index in [0.717, 1.165) is 19.3 Å². The fourth-order valence-corrected chi connectivity index (χ4v) is 3.89. The Kier molecular flexibility index (Phi) is 6.70. The number of benzene rings is 3. The van der Waals surface area contributed by atoms with E-state index in [1.165, 1.54) is 11.1 Å². The molecule has 2 N–H and O–H groups in total. The summed E-state index contributed by atoms with van der Waals surface area (Å²) in [6.07, 6.45) is 3.05. The lowest BCUT2D eigenvalue weighted by atomic mass is 9.87. The van der Waals surface area contributed by atoms with Crippen LogP contribution in [0.4, 0.5) is 5.69 Å². The lowest BCUT2D eigenvalue weighted by molar-refractivity contribution is -0.118.